The highest BCUT2D eigenvalue weighted by molar-refractivity contribution is 7.98. The zero-order chi connectivity index (χ0) is 18.2. The predicted molar refractivity (Wildman–Crippen MR) is 103 cm³/mol. The van der Waals surface area contributed by atoms with Gasteiger partial charge in [0.25, 0.3) is 0 Å². The summed E-state index contributed by atoms with van der Waals surface area (Å²) >= 11 is 1.69. The van der Waals surface area contributed by atoms with Crippen LogP contribution in [0.2, 0.25) is 0 Å². The average molecular weight is 377 g/mol. The Morgan fingerprint density at radius 3 is 3.12 bits per heavy atom. The number of hydrogen-bond acceptors (Lipinski definition) is 3. The van der Waals surface area contributed by atoms with E-state index in [1.165, 1.54) is 6.07 Å². The molecule has 0 aliphatic carbocycles. The summed E-state index contributed by atoms with van der Waals surface area (Å²) in [4.78, 5) is 21.7. The molecule has 1 atom stereocenters. The first-order valence-corrected chi connectivity index (χ1v) is 10.2. The number of hydrogen-bond donors (Lipinski definition) is 2. The van der Waals surface area contributed by atoms with E-state index >= 15 is 0 Å². The van der Waals surface area contributed by atoms with Gasteiger partial charge in [-0.15, -0.1) is 0 Å². The van der Waals surface area contributed by atoms with E-state index in [0.717, 1.165) is 42.9 Å². The highest BCUT2D eigenvalue weighted by atomic mass is 32.2. The summed E-state index contributed by atoms with van der Waals surface area (Å²) in [7, 11) is 0. The van der Waals surface area contributed by atoms with Crippen LogP contribution in [0.3, 0.4) is 0 Å². The number of thioether (sulfide) groups is 1. The second kappa shape index (κ2) is 9.62. The number of halogens is 1. The van der Waals surface area contributed by atoms with Crippen LogP contribution in [-0.4, -0.2) is 46.3 Å². The highest BCUT2D eigenvalue weighted by Gasteiger charge is 2.25. The van der Waals surface area contributed by atoms with Gasteiger partial charge >= 0.3 is 6.03 Å². The molecule has 0 unspecified atom stereocenters. The van der Waals surface area contributed by atoms with E-state index in [2.05, 4.69) is 15.3 Å². The Bertz CT molecular complexity index is 695. The molecule has 2 heterocycles. The summed E-state index contributed by atoms with van der Waals surface area (Å²) in [5, 5.41) is 3.00. The summed E-state index contributed by atoms with van der Waals surface area (Å²) in [6.07, 6.45) is 6.52. The summed E-state index contributed by atoms with van der Waals surface area (Å²) in [6, 6.07) is 6.87. The van der Waals surface area contributed by atoms with E-state index in [9.17, 15) is 9.18 Å². The van der Waals surface area contributed by atoms with E-state index in [4.69, 9.17) is 0 Å². The molecule has 140 valence electrons. The molecule has 1 aromatic carbocycles. The first kappa shape index (κ1) is 18.8. The molecule has 2 amide bonds. The fourth-order valence-electron chi connectivity index (χ4n) is 3.16. The van der Waals surface area contributed by atoms with Gasteiger partial charge in [0, 0.05) is 43.7 Å². The first-order valence-electron chi connectivity index (χ1n) is 9.07. The molecule has 5 nitrogen and oxygen atoms in total. The van der Waals surface area contributed by atoms with Gasteiger partial charge in [-0.3, -0.25) is 0 Å². The number of nitrogens with zero attached hydrogens (tertiary/aromatic N) is 2. The van der Waals surface area contributed by atoms with Gasteiger partial charge in [0.1, 0.15) is 11.6 Å². The quantitative estimate of drug-likeness (QED) is 0.723. The Labute approximate surface area is 157 Å². The Morgan fingerprint density at radius 2 is 2.31 bits per heavy atom. The molecule has 0 bridgehead atoms. The van der Waals surface area contributed by atoms with Gasteiger partial charge in [-0.2, -0.15) is 11.8 Å². The lowest BCUT2D eigenvalue weighted by Gasteiger charge is -2.31. The fourth-order valence-corrected chi connectivity index (χ4v) is 4.11. The maximum atomic E-state index is 13.5. The molecule has 1 aliphatic heterocycles. The van der Waals surface area contributed by atoms with Gasteiger partial charge in [-0.05, 0) is 36.6 Å². The van der Waals surface area contributed by atoms with Crippen molar-refractivity contribution in [3.05, 3.63) is 53.9 Å². The van der Waals surface area contributed by atoms with E-state index in [0.29, 0.717) is 24.8 Å². The molecule has 0 saturated carbocycles. The lowest BCUT2D eigenvalue weighted by Crippen LogP contribution is -2.45. The first-order chi connectivity index (χ1) is 12.7. The number of rotatable bonds is 7. The normalized spacial score (nSPS) is 17.3. The number of H-pyrrole nitrogens is 1. The molecule has 1 saturated heterocycles. The average Bonchev–Trinajstić information content (AvgIpc) is 3.20. The number of amides is 2. The van der Waals surface area contributed by atoms with Crippen LogP contribution in [0.1, 0.15) is 36.6 Å². The van der Waals surface area contributed by atoms with Gasteiger partial charge in [-0.25, -0.2) is 14.2 Å². The number of likely N-dealkylation sites (tertiary alicyclic amines) is 1. The van der Waals surface area contributed by atoms with Crippen molar-refractivity contribution in [2.75, 3.05) is 25.4 Å². The van der Waals surface area contributed by atoms with Crippen molar-refractivity contribution in [1.82, 2.24) is 20.2 Å². The topological polar surface area (TPSA) is 61.0 Å². The number of urea groups is 1. The molecule has 1 aromatic heterocycles. The summed E-state index contributed by atoms with van der Waals surface area (Å²) < 4.78 is 13.5. The number of nitrogens with one attached hydrogen (secondary N) is 2. The third-order valence-electron chi connectivity index (χ3n) is 4.57. The molecule has 1 aliphatic rings. The monoisotopic (exact) mass is 376 g/mol. The van der Waals surface area contributed by atoms with Gasteiger partial charge < -0.3 is 15.2 Å². The van der Waals surface area contributed by atoms with Crippen LogP contribution < -0.4 is 5.32 Å². The molecular weight excluding hydrogens is 351 g/mol. The lowest BCUT2D eigenvalue weighted by molar-refractivity contribution is 0.178. The van der Waals surface area contributed by atoms with Crippen LogP contribution in [-0.2, 0) is 5.75 Å². The van der Waals surface area contributed by atoms with Crippen molar-refractivity contribution >= 4 is 17.8 Å². The molecular formula is C19H25FN4OS. The highest BCUT2D eigenvalue weighted by Crippen LogP contribution is 2.24. The van der Waals surface area contributed by atoms with Gasteiger partial charge in [0.2, 0.25) is 0 Å². The van der Waals surface area contributed by atoms with Gasteiger partial charge in [0.15, 0.2) is 0 Å². The molecule has 26 heavy (non-hydrogen) atoms. The number of carbonyl (C=O) groups excluding carboxylic acids is 1. The molecule has 0 radical (unpaired) electrons. The van der Waals surface area contributed by atoms with Crippen molar-refractivity contribution in [2.45, 2.75) is 30.9 Å². The van der Waals surface area contributed by atoms with Crippen LogP contribution in [0.15, 0.2) is 36.7 Å². The summed E-state index contributed by atoms with van der Waals surface area (Å²) in [6.45, 7) is 2.15. The molecule has 2 N–H and O–H groups in total. The predicted octanol–water partition coefficient (Wildman–Crippen LogP) is 3.76. The Kier molecular flexibility index (Phi) is 6.94. The Morgan fingerprint density at radius 1 is 1.42 bits per heavy atom. The van der Waals surface area contributed by atoms with Crippen molar-refractivity contribution < 1.29 is 9.18 Å². The SMILES string of the molecule is O=C(NCCCSCc1ccccc1F)N1CCC[C@H](c2ncc[nH]2)C1. The van der Waals surface area contributed by atoms with E-state index in [1.54, 1.807) is 24.0 Å². The van der Waals surface area contributed by atoms with E-state index in [1.807, 2.05) is 23.2 Å². The largest absolute Gasteiger partial charge is 0.348 e. The van der Waals surface area contributed by atoms with Gasteiger partial charge in [-0.1, -0.05) is 18.2 Å². The Balaban J connectivity index is 1.32. The molecule has 1 fully saturated rings. The van der Waals surface area contributed by atoms with Crippen molar-refractivity contribution in [1.29, 1.82) is 0 Å². The third-order valence-corrected chi connectivity index (χ3v) is 5.66. The molecule has 2 aromatic rings. The summed E-state index contributed by atoms with van der Waals surface area (Å²) in [5.41, 5.74) is 0.735. The Hall–Kier alpha value is -2.02. The fraction of sp³-hybridized carbons (Fsp3) is 0.474. The zero-order valence-corrected chi connectivity index (χ0v) is 15.6. The minimum absolute atomic E-state index is 0.000333. The molecule has 7 heteroatoms. The maximum absolute atomic E-state index is 13.5. The molecule has 3 rings (SSSR count). The number of aromatic amines is 1. The van der Waals surface area contributed by atoms with Crippen LogP contribution in [0.5, 0.6) is 0 Å². The summed E-state index contributed by atoms with van der Waals surface area (Å²) in [5.74, 6) is 2.67. The van der Waals surface area contributed by atoms with Crippen LogP contribution in [0, 0.1) is 5.82 Å². The van der Waals surface area contributed by atoms with E-state index < -0.39 is 0 Å². The van der Waals surface area contributed by atoms with Crippen LogP contribution >= 0.6 is 11.8 Å². The van der Waals surface area contributed by atoms with Crippen LogP contribution in [0.25, 0.3) is 0 Å². The number of imidazole rings is 1. The van der Waals surface area contributed by atoms with Crippen molar-refractivity contribution in [3.8, 4) is 0 Å². The number of aromatic nitrogens is 2. The van der Waals surface area contributed by atoms with Gasteiger partial charge in [0.05, 0.1) is 0 Å². The number of benzene rings is 1. The second-order valence-corrected chi connectivity index (χ2v) is 7.59. The number of carbonyl (C=O) groups is 1. The zero-order valence-electron chi connectivity index (χ0n) is 14.8. The second-order valence-electron chi connectivity index (χ2n) is 6.49. The van der Waals surface area contributed by atoms with Crippen LogP contribution in [0.4, 0.5) is 9.18 Å². The van der Waals surface area contributed by atoms with Crippen molar-refractivity contribution in [2.24, 2.45) is 0 Å². The molecule has 0 spiro atoms. The minimum Gasteiger partial charge on any atom is -0.348 e. The number of piperidine rings is 1. The van der Waals surface area contributed by atoms with E-state index in [-0.39, 0.29) is 11.8 Å². The minimum atomic E-state index is -0.149. The third kappa shape index (κ3) is 5.24. The maximum Gasteiger partial charge on any atom is 0.317 e. The standard InChI is InChI=1S/C19H25FN4OS/c20-17-7-2-1-5-16(17)14-26-12-4-8-23-19(25)24-11-3-6-15(13-24)18-21-9-10-22-18/h1-2,5,7,9-10,15H,3-4,6,8,11-14H2,(H,21,22)(H,23,25)/t15-/m0/s1. The smallest absolute Gasteiger partial charge is 0.317 e. The lowest BCUT2D eigenvalue weighted by atomic mass is 9.98. The van der Waals surface area contributed by atoms with Crippen molar-refractivity contribution in [3.63, 3.8) is 0 Å².